The summed E-state index contributed by atoms with van der Waals surface area (Å²) in [5.41, 5.74) is 4.02. The van der Waals surface area contributed by atoms with Crippen molar-refractivity contribution in [2.24, 2.45) is 0 Å². The number of fused-ring (bicyclic) bond motifs is 3. The molecule has 136 valence electrons. The molecule has 0 N–H and O–H groups in total. The normalized spacial score (nSPS) is 23.1. The summed E-state index contributed by atoms with van der Waals surface area (Å²) >= 11 is 0. The van der Waals surface area contributed by atoms with Crippen LogP contribution < -0.4 is 0 Å². The maximum absolute atomic E-state index is 13.1. The van der Waals surface area contributed by atoms with E-state index in [0.717, 1.165) is 28.9 Å². The van der Waals surface area contributed by atoms with Gasteiger partial charge in [-0.3, -0.25) is 14.9 Å². The van der Waals surface area contributed by atoms with Gasteiger partial charge in [-0.2, -0.15) is 0 Å². The van der Waals surface area contributed by atoms with Crippen LogP contribution in [0, 0.1) is 0 Å². The highest BCUT2D eigenvalue weighted by molar-refractivity contribution is 7.92. The fourth-order valence-corrected chi connectivity index (χ4v) is 6.49. The van der Waals surface area contributed by atoms with Crippen LogP contribution in [0.3, 0.4) is 0 Å². The molecule has 0 saturated carbocycles. The molecule has 1 aromatic carbocycles. The highest BCUT2D eigenvalue weighted by Crippen LogP contribution is 2.46. The molecule has 2 aliphatic heterocycles. The molecule has 5 rings (SSSR count). The molecule has 3 aromatic rings. The molecule has 1 fully saturated rings. The van der Waals surface area contributed by atoms with Crippen LogP contribution in [0.1, 0.15) is 17.2 Å². The second-order valence-corrected chi connectivity index (χ2v) is 9.33. The number of aromatic nitrogens is 2. The minimum Gasteiger partial charge on any atom is -0.296 e. The van der Waals surface area contributed by atoms with Gasteiger partial charge in [-0.1, -0.05) is 12.1 Å². The van der Waals surface area contributed by atoms with E-state index in [2.05, 4.69) is 20.9 Å². The van der Waals surface area contributed by atoms with Crippen molar-refractivity contribution in [2.75, 3.05) is 13.1 Å². The van der Waals surface area contributed by atoms with E-state index < -0.39 is 9.84 Å². The van der Waals surface area contributed by atoms with Crippen molar-refractivity contribution in [3.63, 3.8) is 0 Å². The zero-order valence-corrected chi connectivity index (χ0v) is 15.5. The first-order valence-electron chi connectivity index (χ1n) is 9.03. The maximum Gasteiger partial charge on any atom is 0.183 e. The Morgan fingerprint density at radius 1 is 0.963 bits per heavy atom. The number of sulfone groups is 1. The topological polar surface area (TPSA) is 63.2 Å². The zero-order valence-electron chi connectivity index (χ0n) is 14.7. The molecule has 1 saturated heterocycles. The molecule has 0 radical (unpaired) electrons. The molecular formula is C21H19N3O2S. The molecule has 2 aliphatic rings. The molecule has 4 heterocycles. The number of nitrogens with zero attached hydrogens (tertiary/aromatic N) is 3. The first-order valence-corrected chi connectivity index (χ1v) is 10.6. The van der Waals surface area contributed by atoms with Crippen molar-refractivity contribution in [2.45, 2.75) is 22.6 Å². The van der Waals surface area contributed by atoms with Gasteiger partial charge in [0.2, 0.25) is 0 Å². The Labute approximate surface area is 158 Å². The first kappa shape index (κ1) is 16.6. The van der Waals surface area contributed by atoms with Gasteiger partial charge in [-0.25, -0.2) is 8.42 Å². The average Bonchev–Trinajstić information content (AvgIpc) is 3.21. The molecule has 2 atom stereocenters. The van der Waals surface area contributed by atoms with Crippen LogP contribution in [-0.4, -0.2) is 41.6 Å². The third-order valence-corrected chi connectivity index (χ3v) is 7.84. The van der Waals surface area contributed by atoms with E-state index in [1.165, 1.54) is 0 Å². The summed E-state index contributed by atoms with van der Waals surface area (Å²) in [7, 11) is -3.28. The summed E-state index contributed by atoms with van der Waals surface area (Å²) < 4.78 is 26.1. The van der Waals surface area contributed by atoms with Crippen LogP contribution in [0.5, 0.6) is 0 Å². The van der Waals surface area contributed by atoms with Gasteiger partial charge < -0.3 is 0 Å². The van der Waals surface area contributed by atoms with Gasteiger partial charge in [0.05, 0.1) is 15.8 Å². The molecule has 5 nitrogen and oxygen atoms in total. The van der Waals surface area contributed by atoms with Gasteiger partial charge in [-0.15, -0.1) is 0 Å². The summed E-state index contributed by atoms with van der Waals surface area (Å²) in [6.45, 7) is 1.98. The van der Waals surface area contributed by atoms with Crippen molar-refractivity contribution in [1.29, 1.82) is 0 Å². The van der Waals surface area contributed by atoms with E-state index in [9.17, 15) is 8.42 Å². The number of hydrogen-bond donors (Lipinski definition) is 0. The summed E-state index contributed by atoms with van der Waals surface area (Å²) in [6, 6.07) is 15.5. The van der Waals surface area contributed by atoms with Crippen molar-refractivity contribution in [1.82, 2.24) is 14.9 Å². The van der Waals surface area contributed by atoms with Crippen LogP contribution >= 0.6 is 0 Å². The van der Waals surface area contributed by atoms with E-state index in [1.807, 2.05) is 36.4 Å². The predicted molar refractivity (Wildman–Crippen MR) is 103 cm³/mol. The second-order valence-electron chi connectivity index (χ2n) is 7.19. The minimum absolute atomic E-state index is 0.0236. The third-order valence-electron chi connectivity index (χ3n) is 5.58. The largest absolute Gasteiger partial charge is 0.296 e. The summed E-state index contributed by atoms with van der Waals surface area (Å²) in [4.78, 5) is 11.1. The van der Waals surface area contributed by atoms with Crippen molar-refractivity contribution in [3.8, 4) is 11.1 Å². The Hall–Kier alpha value is -2.57. The molecule has 0 spiro atoms. The fourth-order valence-electron chi connectivity index (χ4n) is 4.30. The summed E-state index contributed by atoms with van der Waals surface area (Å²) in [5, 5.41) is -0.357. The van der Waals surface area contributed by atoms with Crippen molar-refractivity contribution < 1.29 is 8.42 Å². The number of pyridine rings is 2. The van der Waals surface area contributed by atoms with E-state index in [0.29, 0.717) is 18.0 Å². The van der Waals surface area contributed by atoms with Crippen LogP contribution in [-0.2, 0) is 16.4 Å². The minimum atomic E-state index is -3.28. The molecule has 0 aliphatic carbocycles. The van der Waals surface area contributed by atoms with Gasteiger partial charge in [0.25, 0.3) is 0 Å². The van der Waals surface area contributed by atoms with Gasteiger partial charge >= 0.3 is 0 Å². The predicted octanol–water partition coefficient (Wildman–Crippen LogP) is 2.90. The highest BCUT2D eigenvalue weighted by atomic mass is 32.2. The lowest BCUT2D eigenvalue weighted by atomic mass is 9.95. The number of benzene rings is 1. The molecule has 27 heavy (non-hydrogen) atoms. The fraction of sp³-hybridized carbons (Fsp3) is 0.238. The van der Waals surface area contributed by atoms with Crippen molar-refractivity contribution >= 4 is 9.84 Å². The lowest BCUT2D eigenvalue weighted by Crippen LogP contribution is -2.26. The maximum atomic E-state index is 13.1. The summed E-state index contributed by atoms with van der Waals surface area (Å²) in [6.07, 6.45) is 5.29. The Kier molecular flexibility index (Phi) is 3.84. The number of hydrogen-bond acceptors (Lipinski definition) is 5. The second kappa shape index (κ2) is 6.25. The lowest BCUT2D eigenvalue weighted by Gasteiger charge is -2.17. The van der Waals surface area contributed by atoms with E-state index in [1.54, 1.807) is 24.7 Å². The standard InChI is InChI=1S/C21H19N3O2S/c25-27(26)20-5-4-16(15-6-9-22-10-7-15)11-18(20)19-13-24(14-21(19)27)12-17-3-1-2-8-23-17/h1-11,19,21H,12-14H2/t19-,21-/m0/s1. The SMILES string of the molecule is O=S1(=O)c2ccc(-c3ccncc3)cc2[C@@H]2CN(Cc3ccccn3)C[C@@H]21. The van der Waals surface area contributed by atoms with Gasteiger partial charge in [0, 0.05) is 44.1 Å². The molecule has 0 amide bonds. The first-order chi connectivity index (χ1) is 13.1. The Bertz CT molecular complexity index is 1080. The molecular weight excluding hydrogens is 358 g/mol. The van der Waals surface area contributed by atoms with Gasteiger partial charge in [0.1, 0.15) is 0 Å². The third kappa shape index (κ3) is 2.76. The molecule has 2 aromatic heterocycles. The number of rotatable bonds is 3. The Balaban J connectivity index is 1.49. The van der Waals surface area contributed by atoms with Crippen LogP contribution in [0.4, 0.5) is 0 Å². The van der Waals surface area contributed by atoms with E-state index >= 15 is 0 Å². The van der Waals surface area contributed by atoms with Crippen LogP contribution in [0.15, 0.2) is 72.0 Å². The highest BCUT2D eigenvalue weighted by Gasteiger charge is 2.50. The van der Waals surface area contributed by atoms with E-state index in [4.69, 9.17) is 0 Å². The Morgan fingerprint density at radius 3 is 2.59 bits per heavy atom. The summed E-state index contributed by atoms with van der Waals surface area (Å²) in [5.74, 6) is 0.0236. The monoisotopic (exact) mass is 377 g/mol. The quantitative estimate of drug-likeness (QED) is 0.702. The van der Waals surface area contributed by atoms with Gasteiger partial charge in [0.15, 0.2) is 9.84 Å². The van der Waals surface area contributed by atoms with Crippen LogP contribution in [0.25, 0.3) is 11.1 Å². The smallest absolute Gasteiger partial charge is 0.183 e. The molecule has 0 bridgehead atoms. The molecule has 6 heteroatoms. The van der Waals surface area contributed by atoms with E-state index in [-0.39, 0.29) is 11.2 Å². The van der Waals surface area contributed by atoms with Crippen molar-refractivity contribution in [3.05, 3.63) is 78.4 Å². The Morgan fingerprint density at radius 2 is 1.81 bits per heavy atom. The zero-order chi connectivity index (χ0) is 18.4. The molecule has 0 unspecified atom stereocenters. The van der Waals surface area contributed by atoms with Crippen LogP contribution in [0.2, 0.25) is 0 Å². The average molecular weight is 377 g/mol. The lowest BCUT2D eigenvalue weighted by molar-refractivity contribution is 0.321. The number of likely N-dealkylation sites (tertiary alicyclic amines) is 1. The van der Waals surface area contributed by atoms with Gasteiger partial charge in [-0.05, 0) is 53.1 Å².